The van der Waals surface area contributed by atoms with Gasteiger partial charge in [0.25, 0.3) is 0 Å². The van der Waals surface area contributed by atoms with Crippen LogP contribution in [-0.4, -0.2) is 19.5 Å². The fraction of sp³-hybridized carbons (Fsp3) is 0. The van der Waals surface area contributed by atoms with Gasteiger partial charge in [0, 0.05) is 33.8 Å². The molecule has 0 N–H and O–H groups in total. The number of benzene rings is 7. The lowest BCUT2D eigenvalue weighted by Crippen LogP contribution is -1.98. The van der Waals surface area contributed by atoms with E-state index in [4.69, 9.17) is 9.97 Å². The number of nitrogens with zero attached hydrogens (tertiary/aromatic N) is 4. The van der Waals surface area contributed by atoms with Crippen molar-refractivity contribution >= 4 is 54.4 Å². The van der Waals surface area contributed by atoms with Crippen molar-refractivity contribution in [3.05, 3.63) is 170 Å². The van der Waals surface area contributed by atoms with Gasteiger partial charge in [-0.05, 0) is 93.3 Å². The molecule has 4 heteroatoms. The van der Waals surface area contributed by atoms with E-state index in [-0.39, 0.29) is 0 Å². The van der Waals surface area contributed by atoms with E-state index < -0.39 is 0 Å². The van der Waals surface area contributed by atoms with Gasteiger partial charge < -0.3 is 4.57 Å². The van der Waals surface area contributed by atoms with Crippen LogP contribution < -0.4 is 0 Å². The van der Waals surface area contributed by atoms with E-state index in [1.54, 1.807) is 6.20 Å². The summed E-state index contributed by atoms with van der Waals surface area (Å²) in [6.45, 7) is 0. The van der Waals surface area contributed by atoms with Crippen LogP contribution in [0.3, 0.4) is 0 Å². The van der Waals surface area contributed by atoms with Gasteiger partial charge in [0.05, 0.1) is 16.6 Å². The normalized spacial score (nSPS) is 11.7. The number of fused-ring (bicyclic) bond motifs is 6. The Bertz CT molecular complexity index is 2870. The van der Waals surface area contributed by atoms with E-state index in [0.717, 1.165) is 33.5 Å². The second-order valence-corrected chi connectivity index (χ2v) is 12.5. The molecule has 0 unspecified atom stereocenters. The van der Waals surface area contributed by atoms with E-state index >= 15 is 0 Å². The molecule has 0 bridgehead atoms. The minimum absolute atomic E-state index is 0.678. The van der Waals surface area contributed by atoms with Crippen molar-refractivity contribution < 1.29 is 0 Å². The largest absolute Gasteiger partial charge is 0.309 e. The molecule has 3 aromatic heterocycles. The first-order valence-electron chi connectivity index (χ1n) is 16.5. The van der Waals surface area contributed by atoms with Gasteiger partial charge in [-0.25, -0.2) is 9.97 Å². The predicted molar refractivity (Wildman–Crippen MR) is 203 cm³/mol. The highest BCUT2D eigenvalue weighted by Crippen LogP contribution is 2.41. The van der Waals surface area contributed by atoms with Crippen molar-refractivity contribution in [3.8, 4) is 39.5 Å². The zero-order valence-corrected chi connectivity index (χ0v) is 26.5. The van der Waals surface area contributed by atoms with Crippen LogP contribution in [0.25, 0.3) is 93.8 Å². The smallest absolute Gasteiger partial charge is 0.160 e. The molecule has 49 heavy (non-hydrogen) atoms. The molecule has 10 aromatic rings. The van der Waals surface area contributed by atoms with E-state index in [1.165, 1.54) is 54.5 Å². The molecule has 3 heterocycles. The van der Waals surface area contributed by atoms with Crippen LogP contribution in [0.5, 0.6) is 0 Å². The highest BCUT2D eigenvalue weighted by molar-refractivity contribution is 6.19. The van der Waals surface area contributed by atoms with Gasteiger partial charge in [-0.3, -0.25) is 4.98 Å². The Morgan fingerprint density at radius 1 is 0.449 bits per heavy atom. The number of rotatable bonds is 4. The van der Waals surface area contributed by atoms with Gasteiger partial charge >= 0.3 is 0 Å². The van der Waals surface area contributed by atoms with Crippen LogP contribution >= 0.6 is 0 Å². The molecule has 0 radical (unpaired) electrons. The Morgan fingerprint density at radius 2 is 1.16 bits per heavy atom. The van der Waals surface area contributed by atoms with Crippen molar-refractivity contribution in [3.63, 3.8) is 0 Å². The summed E-state index contributed by atoms with van der Waals surface area (Å²) in [6.07, 6.45) is 1.80. The molecular weight excluding hydrogens is 597 g/mol. The Kier molecular flexibility index (Phi) is 6.15. The van der Waals surface area contributed by atoms with Crippen molar-refractivity contribution in [2.24, 2.45) is 0 Å². The Labute approximate surface area is 282 Å². The molecule has 4 nitrogen and oxygen atoms in total. The number of hydrogen-bond donors (Lipinski definition) is 0. The van der Waals surface area contributed by atoms with E-state index in [2.05, 4.69) is 143 Å². The van der Waals surface area contributed by atoms with Crippen LogP contribution in [0, 0.1) is 0 Å². The van der Waals surface area contributed by atoms with Gasteiger partial charge in [-0.1, -0.05) is 103 Å². The fourth-order valence-electron chi connectivity index (χ4n) is 7.28. The third kappa shape index (κ3) is 4.49. The van der Waals surface area contributed by atoms with Crippen LogP contribution in [0.4, 0.5) is 0 Å². The average molecular weight is 625 g/mol. The average Bonchev–Trinajstić information content (AvgIpc) is 3.50. The summed E-state index contributed by atoms with van der Waals surface area (Å²) >= 11 is 0. The van der Waals surface area contributed by atoms with Crippen molar-refractivity contribution in [2.45, 2.75) is 0 Å². The Balaban J connectivity index is 1.17. The number of hydrogen-bond acceptors (Lipinski definition) is 3. The number of pyridine rings is 1. The Hall–Kier alpha value is -6.65. The molecule has 0 atom stereocenters. The molecule has 0 aliphatic rings. The topological polar surface area (TPSA) is 43.6 Å². The van der Waals surface area contributed by atoms with Crippen LogP contribution in [-0.2, 0) is 0 Å². The summed E-state index contributed by atoms with van der Waals surface area (Å²) in [6, 6.07) is 58.1. The standard InChI is InChI=1S/C45H28N4/c1-2-11-30(12-3-1)43-44-39(17-9-25-46-44)47-45(48-43)31-21-23-36(24-22-31)49-40-18-8-16-37(35-20-19-29-10-4-5-13-32(29)26-35)42(40)38-27-33-14-6-7-15-34(33)28-41(38)49/h1-28H. The lowest BCUT2D eigenvalue weighted by molar-refractivity contribution is 1.17. The SMILES string of the molecule is c1ccc(-c2nc(-c3ccc(-n4c5cc6ccccc6cc5c5c(-c6ccc7ccccc7c6)cccc54)cc3)nc3cccnc23)cc1. The highest BCUT2D eigenvalue weighted by Gasteiger charge is 2.18. The molecule has 0 amide bonds. The molecule has 0 saturated heterocycles. The van der Waals surface area contributed by atoms with Gasteiger partial charge in [0.2, 0.25) is 0 Å². The molecule has 0 aliphatic heterocycles. The maximum atomic E-state index is 5.05. The van der Waals surface area contributed by atoms with Gasteiger partial charge in [-0.2, -0.15) is 0 Å². The molecular formula is C45H28N4. The van der Waals surface area contributed by atoms with Gasteiger partial charge in [0.1, 0.15) is 11.2 Å². The Morgan fingerprint density at radius 3 is 1.98 bits per heavy atom. The molecule has 0 saturated carbocycles. The number of aromatic nitrogens is 4. The summed E-state index contributed by atoms with van der Waals surface area (Å²) in [5, 5.41) is 7.42. The van der Waals surface area contributed by atoms with E-state index in [1.807, 2.05) is 30.3 Å². The zero-order chi connectivity index (χ0) is 32.3. The van der Waals surface area contributed by atoms with Crippen LogP contribution in [0.15, 0.2) is 170 Å². The van der Waals surface area contributed by atoms with Crippen molar-refractivity contribution in [2.75, 3.05) is 0 Å². The molecule has 0 spiro atoms. The minimum Gasteiger partial charge on any atom is -0.309 e. The lowest BCUT2D eigenvalue weighted by Gasteiger charge is -2.11. The first kappa shape index (κ1) is 27.5. The highest BCUT2D eigenvalue weighted by atomic mass is 15.0. The van der Waals surface area contributed by atoms with Crippen LogP contribution in [0.2, 0.25) is 0 Å². The molecule has 7 aromatic carbocycles. The van der Waals surface area contributed by atoms with Crippen molar-refractivity contribution in [1.29, 1.82) is 0 Å². The summed E-state index contributed by atoms with van der Waals surface area (Å²) in [5.41, 5.74) is 10.3. The van der Waals surface area contributed by atoms with Gasteiger partial charge in [0.15, 0.2) is 5.82 Å². The van der Waals surface area contributed by atoms with Crippen molar-refractivity contribution in [1.82, 2.24) is 19.5 Å². The predicted octanol–water partition coefficient (Wildman–Crippen LogP) is 11.4. The third-order valence-electron chi connectivity index (χ3n) is 9.60. The summed E-state index contributed by atoms with van der Waals surface area (Å²) in [7, 11) is 0. The third-order valence-corrected chi connectivity index (χ3v) is 9.60. The lowest BCUT2D eigenvalue weighted by atomic mass is 9.96. The van der Waals surface area contributed by atoms with Crippen LogP contribution in [0.1, 0.15) is 0 Å². The van der Waals surface area contributed by atoms with Gasteiger partial charge in [-0.15, -0.1) is 0 Å². The fourth-order valence-corrected chi connectivity index (χ4v) is 7.28. The second-order valence-electron chi connectivity index (χ2n) is 12.5. The zero-order valence-electron chi connectivity index (χ0n) is 26.5. The first-order valence-corrected chi connectivity index (χ1v) is 16.5. The summed E-state index contributed by atoms with van der Waals surface area (Å²) < 4.78 is 2.39. The maximum absolute atomic E-state index is 5.05. The minimum atomic E-state index is 0.678. The molecule has 228 valence electrons. The molecule has 0 aliphatic carbocycles. The van der Waals surface area contributed by atoms with E-state index in [0.29, 0.717) is 5.82 Å². The monoisotopic (exact) mass is 624 g/mol. The quantitative estimate of drug-likeness (QED) is 0.196. The summed E-state index contributed by atoms with van der Waals surface area (Å²) in [5.74, 6) is 0.678. The second kappa shape index (κ2) is 11.0. The maximum Gasteiger partial charge on any atom is 0.160 e. The summed E-state index contributed by atoms with van der Waals surface area (Å²) in [4.78, 5) is 14.6. The first-order chi connectivity index (χ1) is 24.3. The molecule has 0 fully saturated rings. The molecule has 10 rings (SSSR count). The van der Waals surface area contributed by atoms with E-state index in [9.17, 15) is 0 Å².